The lowest BCUT2D eigenvalue weighted by molar-refractivity contribution is -0.131. The van der Waals surface area contributed by atoms with Crippen LogP contribution < -0.4 is 4.74 Å². The van der Waals surface area contributed by atoms with Crippen LogP contribution in [0.2, 0.25) is 0 Å². The average Bonchev–Trinajstić information content (AvgIpc) is 2.86. The summed E-state index contributed by atoms with van der Waals surface area (Å²) in [6.07, 6.45) is 8.42. The van der Waals surface area contributed by atoms with Crippen LogP contribution in [0.4, 0.5) is 0 Å². The molecule has 2 N–H and O–H groups in total. The molecule has 0 saturated carbocycles. The molecule has 0 aromatic heterocycles. The highest BCUT2D eigenvalue weighted by molar-refractivity contribution is 5.69. The van der Waals surface area contributed by atoms with Crippen molar-refractivity contribution in [3.05, 3.63) is 102 Å². The lowest BCUT2D eigenvalue weighted by atomic mass is 9.92. The molecule has 0 spiro atoms. The Labute approximate surface area is 212 Å². The number of rotatable bonds is 12. The number of phenolic OH excluding ortho intramolecular Hbond substituents is 2. The first-order valence-corrected chi connectivity index (χ1v) is 11.7. The molecule has 3 aromatic rings. The fourth-order valence-electron chi connectivity index (χ4n) is 3.78. The van der Waals surface area contributed by atoms with Crippen LogP contribution in [0.5, 0.6) is 17.2 Å². The first-order valence-electron chi connectivity index (χ1n) is 11.7. The standard InChI is InChI=1S/C30H32O6/c1-22(31)36-29-18-10-24(11-19-29)6-4-20-35-30(25-12-16-28(33)17-13-25)26(21-34-2)7-3-5-23-8-14-27(32)15-9-23/h3-6,8-19,26,30,32-33H,7,20-21H2,1-2H3/b5-3+,6-4+/t26-,30-/m1/s1. The van der Waals surface area contributed by atoms with Crippen LogP contribution in [-0.2, 0) is 14.3 Å². The Bertz CT molecular complexity index is 1130. The summed E-state index contributed by atoms with van der Waals surface area (Å²) in [5, 5.41) is 19.2. The SMILES string of the molecule is COC[C@@H](C/C=C/c1ccc(O)cc1)[C@H](OC/C=C/c1ccc(OC(C)=O)cc1)c1ccc(O)cc1. The summed E-state index contributed by atoms with van der Waals surface area (Å²) in [4.78, 5) is 11.1. The van der Waals surface area contributed by atoms with E-state index in [0.29, 0.717) is 25.4 Å². The van der Waals surface area contributed by atoms with Gasteiger partial charge in [-0.3, -0.25) is 4.79 Å². The second-order valence-electron chi connectivity index (χ2n) is 8.36. The molecule has 0 radical (unpaired) electrons. The maximum absolute atomic E-state index is 11.1. The van der Waals surface area contributed by atoms with Crippen molar-refractivity contribution in [1.82, 2.24) is 0 Å². The van der Waals surface area contributed by atoms with E-state index in [2.05, 4.69) is 6.08 Å². The van der Waals surface area contributed by atoms with Crippen LogP contribution >= 0.6 is 0 Å². The lowest BCUT2D eigenvalue weighted by Crippen LogP contribution is -2.20. The van der Waals surface area contributed by atoms with Gasteiger partial charge in [0.15, 0.2) is 0 Å². The lowest BCUT2D eigenvalue weighted by Gasteiger charge is -2.26. The molecule has 0 aliphatic rings. The molecule has 0 aliphatic carbocycles. The summed E-state index contributed by atoms with van der Waals surface area (Å²) < 4.78 is 16.9. The number of carbonyl (C=O) groups excluding carboxylic acids is 1. The zero-order chi connectivity index (χ0) is 25.8. The number of allylic oxidation sites excluding steroid dienone is 1. The van der Waals surface area contributed by atoms with Crippen LogP contribution in [0.25, 0.3) is 12.2 Å². The number of hydrogen-bond acceptors (Lipinski definition) is 6. The number of aromatic hydroxyl groups is 2. The number of esters is 1. The van der Waals surface area contributed by atoms with Gasteiger partial charge >= 0.3 is 5.97 Å². The molecule has 3 aromatic carbocycles. The largest absolute Gasteiger partial charge is 0.508 e. The van der Waals surface area contributed by atoms with Crippen LogP contribution in [-0.4, -0.2) is 36.5 Å². The molecule has 0 fully saturated rings. The van der Waals surface area contributed by atoms with E-state index in [4.69, 9.17) is 14.2 Å². The van der Waals surface area contributed by atoms with Gasteiger partial charge in [0.05, 0.1) is 19.3 Å². The minimum Gasteiger partial charge on any atom is -0.508 e. The fraction of sp³-hybridized carbons (Fsp3) is 0.233. The molecule has 0 heterocycles. The van der Waals surface area contributed by atoms with Gasteiger partial charge in [0, 0.05) is 20.0 Å². The highest BCUT2D eigenvalue weighted by atomic mass is 16.5. The predicted octanol–water partition coefficient (Wildman–Crippen LogP) is 6.16. The van der Waals surface area contributed by atoms with Crippen molar-refractivity contribution in [2.24, 2.45) is 5.92 Å². The quantitative estimate of drug-likeness (QED) is 0.235. The molecule has 188 valence electrons. The number of carbonyl (C=O) groups is 1. The van der Waals surface area contributed by atoms with E-state index in [0.717, 1.165) is 16.7 Å². The third kappa shape index (κ3) is 8.73. The summed E-state index contributed by atoms with van der Waals surface area (Å²) in [6.45, 7) is 2.24. The summed E-state index contributed by atoms with van der Waals surface area (Å²) in [7, 11) is 1.67. The van der Waals surface area contributed by atoms with Gasteiger partial charge in [0.25, 0.3) is 0 Å². The molecule has 36 heavy (non-hydrogen) atoms. The number of phenols is 2. The Balaban J connectivity index is 1.69. The second kappa shape index (κ2) is 13.9. The van der Waals surface area contributed by atoms with Crippen LogP contribution in [0.15, 0.2) is 84.9 Å². The van der Waals surface area contributed by atoms with E-state index in [1.54, 1.807) is 43.5 Å². The third-order valence-corrected chi connectivity index (χ3v) is 5.50. The van der Waals surface area contributed by atoms with Gasteiger partial charge < -0.3 is 24.4 Å². The molecule has 6 nitrogen and oxygen atoms in total. The first kappa shape index (κ1) is 26.7. The van der Waals surface area contributed by atoms with Gasteiger partial charge in [0.1, 0.15) is 17.2 Å². The van der Waals surface area contributed by atoms with Crippen molar-refractivity contribution in [3.63, 3.8) is 0 Å². The van der Waals surface area contributed by atoms with Gasteiger partial charge in [-0.2, -0.15) is 0 Å². The average molecular weight is 489 g/mol. The monoisotopic (exact) mass is 488 g/mol. The minimum atomic E-state index is -0.351. The molecule has 0 saturated heterocycles. The maximum atomic E-state index is 11.1. The minimum absolute atomic E-state index is 0.0318. The number of methoxy groups -OCH3 is 1. The smallest absolute Gasteiger partial charge is 0.308 e. The molecule has 6 heteroatoms. The van der Waals surface area contributed by atoms with E-state index in [1.807, 2.05) is 54.6 Å². The molecule has 0 unspecified atom stereocenters. The van der Waals surface area contributed by atoms with Gasteiger partial charge in [0.2, 0.25) is 0 Å². The van der Waals surface area contributed by atoms with Gasteiger partial charge in [-0.15, -0.1) is 0 Å². The van der Waals surface area contributed by atoms with E-state index >= 15 is 0 Å². The Morgan fingerprint density at radius 2 is 1.39 bits per heavy atom. The first-order chi connectivity index (χ1) is 17.4. The van der Waals surface area contributed by atoms with E-state index in [1.165, 1.54) is 6.92 Å². The van der Waals surface area contributed by atoms with E-state index in [-0.39, 0.29) is 29.5 Å². The molecule has 0 amide bonds. The summed E-state index contributed by atoms with van der Waals surface area (Å²) in [5.74, 6) is 0.620. The van der Waals surface area contributed by atoms with Crippen LogP contribution in [0.3, 0.4) is 0 Å². The maximum Gasteiger partial charge on any atom is 0.308 e. The molecular formula is C30H32O6. The summed E-state index contributed by atoms with van der Waals surface area (Å²) in [6, 6.07) is 21.3. The highest BCUT2D eigenvalue weighted by Gasteiger charge is 2.23. The molecular weight excluding hydrogens is 456 g/mol. The highest BCUT2D eigenvalue weighted by Crippen LogP contribution is 2.31. The van der Waals surface area contributed by atoms with Crippen molar-refractivity contribution in [1.29, 1.82) is 0 Å². The third-order valence-electron chi connectivity index (χ3n) is 5.50. The fourth-order valence-corrected chi connectivity index (χ4v) is 3.78. The van der Waals surface area contributed by atoms with Crippen LogP contribution in [0.1, 0.15) is 36.1 Å². The normalized spacial score (nSPS) is 13.2. The van der Waals surface area contributed by atoms with Crippen molar-refractivity contribution >= 4 is 18.1 Å². The predicted molar refractivity (Wildman–Crippen MR) is 141 cm³/mol. The van der Waals surface area contributed by atoms with Gasteiger partial charge in [-0.25, -0.2) is 0 Å². The van der Waals surface area contributed by atoms with Gasteiger partial charge in [-0.1, -0.05) is 60.7 Å². The Morgan fingerprint density at radius 1 is 0.833 bits per heavy atom. The zero-order valence-corrected chi connectivity index (χ0v) is 20.5. The van der Waals surface area contributed by atoms with Crippen molar-refractivity contribution in [2.45, 2.75) is 19.4 Å². The van der Waals surface area contributed by atoms with Crippen molar-refractivity contribution in [3.8, 4) is 17.2 Å². The Hall–Kier alpha value is -3.87. The summed E-state index contributed by atoms with van der Waals surface area (Å²) in [5.41, 5.74) is 2.90. The topological polar surface area (TPSA) is 85.2 Å². The zero-order valence-electron chi connectivity index (χ0n) is 20.5. The Morgan fingerprint density at radius 3 is 1.97 bits per heavy atom. The number of ether oxygens (including phenoxy) is 3. The molecule has 2 atom stereocenters. The number of benzene rings is 3. The second-order valence-corrected chi connectivity index (χ2v) is 8.36. The van der Waals surface area contributed by atoms with E-state index < -0.39 is 0 Å². The summed E-state index contributed by atoms with van der Waals surface area (Å²) >= 11 is 0. The molecule has 0 bridgehead atoms. The van der Waals surface area contributed by atoms with Crippen molar-refractivity contribution < 1.29 is 29.2 Å². The number of hydrogen-bond donors (Lipinski definition) is 2. The Kier molecular flexibility index (Phi) is 10.3. The van der Waals surface area contributed by atoms with Gasteiger partial charge in [-0.05, 0) is 59.5 Å². The van der Waals surface area contributed by atoms with Crippen molar-refractivity contribution in [2.75, 3.05) is 20.3 Å². The van der Waals surface area contributed by atoms with E-state index in [9.17, 15) is 15.0 Å². The molecule has 3 rings (SSSR count). The van der Waals surface area contributed by atoms with Crippen LogP contribution in [0, 0.1) is 5.92 Å². The molecule has 0 aliphatic heterocycles.